The molecule has 3 N–H and O–H groups in total. The highest BCUT2D eigenvalue weighted by Gasteiger charge is 2.40. The highest BCUT2D eigenvalue weighted by Crippen LogP contribution is 2.42. The maximum atomic E-state index is 11.5. The molecule has 3 nitrogen and oxygen atoms in total. The van der Waals surface area contributed by atoms with Crippen molar-refractivity contribution in [2.45, 2.75) is 38.5 Å². The van der Waals surface area contributed by atoms with E-state index in [2.05, 4.69) is 5.32 Å². The maximum absolute atomic E-state index is 11.5. The molecule has 0 aromatic heterocycles. The number of piperidine rings is 1. The number of hydrogen-bond acceptors (Lipinski definition) is 2. The van der Waals surface area contributed by atoms with E-state index in [-0.39, 0.29) is 11.3 Å². The molecule has 0 aromatic rings. The number of nitrogens with two attached hydrogens (primary N) is 1. The minimum atomic E-state index is -0.170. The second-order valence-corrected chi connectivity index (χ2v) is 4.90. The third-order valence-electron chi connectivity index (χ3n) is 3.99. The van der Waals surface area contributed by atoms with Crippen LogP contribution in [-0.2, 0) is 4.79 Å². The van der Waals surface area contributed by atoms with Gasteiger partial charge < -0.3 is 11.1 Å². The monoisotopic (exact) mass is 196 g/mol. The van der Waals surface area contributed by atoms with Crippen LogP contribution in [0.2, 0.25) is 0 Å². The van der Waals surface area contributed by atoms with Crippen molar-refractivity contribution in [2.75, 3.05) is 13.1 Å². The summed E-state index contributed by atoms with van der Waals surface area (Å²) in [4.78, 5) is 11.5. The van der Waals surface area contributed by atoms with E-state index in [4.69, 9.17) is 5.73 Å². The van der Waals surface area contributed by atoms with Crippen LogP contribution in [0.15, 0.2) is 0 Å². The quantitative estimate of drug-likeness (QED) is 0.708. The van der Waals surface area contributed by atoms with Gasteiger partial charge in [0.15, 0.2) is 0 Å². The van der Waals surface area contributed by atoms with Crippen LogP contribution in [0.3, 0.4) is 0 Å². The number of rotatable bonds is 3. The predicted octanol–water partition coefficient (Wildman–Crippen LogP) is 1.03. The van der Waals surface area contributed by atoms with Gasteiger partial charge in [-0.3, -0.25) is 4.79 Å². The van der Waals surface area contributed by atoms with Gasteiger partial charge in [-0.1, -0.05) is 19.3 Å². The van der Waals surface area contributed by atoms with Crippen LogP contribution in [0.4, 0.5) is 0 Å². The fourth-order valence-electron chi connectivity index (χ4n) is 2.71. The molecule has 1 saturated heterocycles. The Labute approximate surface area is 85.4 Å². The molecular weight excluding hydrogens is 176 g/mol. The first-order chi connectivity index (χ1) is 6.73. The third kappa shape index (κ3) is 1.78. The van der Waals surface area contributed by atoms with Crippen LogP contribution in [-0.4, -0.2) is 19.0 Å². The number of primary amides is 1. The van der Waals surface area contributed by atoms with Crippen LogP contribution in [0.25, 0.3) is 0 Å². The zero-order valence-corrected chi connectivity index (χ0v) is 8.72. The van der Waals surface area contributed by atoms with Crippen molar-refractivity contribution in [1.29, 1.82) is 0 Å². The van der Waals surface area contributed by atoms with E-state index in [0.29, 0.717) is 0 Å². The van der Waals surface area contributed by atoms with Crippen LogP contribution in [0.5, 0.6) is 0 Å². The largest absolute Gasteiger partial charge is 0.369 e. The Balaban J connectivity index is 2.00. The summed E-state index contributed by atoms with van der Waals surface area (Å²) in [5.41, 5.74) is 5.39. The van der Waals surface area contributed by atoms with Crippen molar-refractivity contribution in [3.05, 3.63) is 0 Å². The second kappa shape index (κ2) is 3.89. The van der Waals surface area contributed by atoms with E-state index >= 15 is 0 Å². The Morgan fingerprint density at radius 2 is 2.00 bits per heavy atom. The standard InChI is InChI=1S/C11H20N2O/c12-10(14)11(4-6-13-7-5-11)8-9-2-1-3-9/h9,13H,1-8H2,(H2,12,14). The molecule has 2 aliphatic rings. The lowest BCUT2D eigenvalue weighted by Crippen LogP contribution is -2.47. The number of carbonyl (C=O) groups excluding carboxylic acids is 1. The molecule has 80 valence electrons. The van der Waals surface area contributed by atoms with Gasteiger partial charge in [-0.2, -0.15) is 0 Å². The van der Waals surface area contributed by atoms with Gasteiger partial charge >= 0.3 is 0 Å². The molecule has 0 spiro atoms. The number of nitrogens with one attached hydrogen (secondary N) is 1. The number of amides is 1. The molecule has 0 aromatic carbocycles. The van der Waals surface area contributed by atoms with Crippen molar-refractivity contribution >= 4 is 5.91 Å². The average molecular weight is 196 g/mol. The van der Waals surface area contributed by atoms with E-state index in [9.17, 15) is 4.79 Å². The smallest absolute Gasteiger partial charge is 0.223 e. The van der Waals surface area contributed by atoms with Crippen LogP contribution in [0.1, 0.15) is 38.5 Å². The van der Waals surface area contributed by atoms with Gasteiger partial charge in [0.25, 0.3) is 0 Å². The zero-order valence-electron chi connectivity index (χ0n) is 8.72. The molecule has 2 rings (SSSR count). The average Bonchev–Trinajstić information content (AvgIpc) is 2.13. The molecule has 3 heteroatoms. The Kier molecular flexibility index (Phi) is 2.77. The summed E-state index contributed by atoms with van der Waals surface area (Å²) in [5.74, 6) is 0.714. The van der Waals surface area contributed by atoms with Crippen LogP contribution >= 0.6 is 0 Å². The summed E-state index contributed by atoms with van der Waals surface area (Å²) in [6.45, 7) is 1.91. The minimum absolute atomic E-state index is 0.0640. The van der Waals surface area contributed by atoms with Gasteiger partial charge in [-0.05, 0) is 38.3 Å². The molecule has 1 amide bonds. The summed E-state index contributed by atoms with van der Waals surface area (Å²) >= 11 is 0. The highest BCUT2D eigenvalue weighted by atomic mass is 16.1. The van der Waals surface area contributed by atoms with Crippen molar-refractivity contribution in [2.24, 2.45) is 17.1 Å². The first-order valence-electron chi connectivity index (χ1n) is 5.74. The Hall–Kier alpha value is -0.570. The normalized spacial score (nSPS) is 26.9. The van der Waals surface area contributed by atoms with Gasteiger partial charge in [-0.15, -0.1) is 0 Å². The fraction of sp³-hybridized carbons (Fsp3) is 0.909. The lowest BCUT2D eigenvalue weighted by molar-refractivity contribution is -0.130. The number of carbonyl (C=O) groups is 1. The third-order valence-corrected chi connectivity index (χ3v) is 3.99. The zero-order chi connectivity index (χ0) is 10.0. The first-order valence-corrected chi connectivity index (χ1v) is 5.74. The van der Waals surface area contributed by atoms with E-state index in [0.717, 1.165) is 38.3 Å². The van der Waals surface area contributed by atoms with Crippen LogP contribution < -0.4 is 11.1 Å². The van der Waals surface area contributed by atoms with Crippen LogP contribution in [0, 0.1) is 11.3 Å². The van der Waals surface area contributed by atoms with Crippen molar-refractivity contribution in [1.82, 2.24) is 5.32 Å². The summed E-state index contributed by atoms with van der Waals surface area (Å²) in [6, 6.07) is 0. The summed E-state index contributed by atoms with van der Waals surface area (Å²) in [7, 11) is 0. The molecule has 0 bridgehead atoms. The van der Waals surface area contributed by atoms with E-state index in [1.165, 1.54) is 19.3 Å². The highest BCUT2D eigenvalue weighted by molar-refractivity contribution is 5.81. The molecule has 1 aliphatic carbocycles. The minimum Gasteiger partial charge on any atom is -0.369 e. The summed E-state index contributed by atoms with van der Waals surface area (Å²) < 4.78 is 0. The van der Waals surface area contributed by atoms with E-state index in [1.54, 1.807) is 0 Å². The van der Waals surface area contributed by atoms with Crippen molar-refractivity contribution in [3.63, 3.8) is 0 Å². The molecule has 0 atom stereocenters. The molecule has 2 fully saturated rings. The van der Waals surface area contributed by atoms with Gasteiger partial charge in [-0.25, -0.2) is 0 Å². The second-order valence-electron chi connectivity index (χ2n) is 4.90. The topological polar surface area (TPSA) is 55.1 Å². The maximum Gasteiger partial charge on any atom is 0.223 e. The summed E-state index contributed by atoms with van der Waals surface area (Å²) in [5, 5.41) is 3.30. The molecule has 1 aliphatic heterocycles. The van der Waals surface area contributed by atoms with Gasteiger partial charge in [0.2, 0.25) is 5.91 Å². The SMILES string of the molecule is NC(=O)C1(CC2CCC2)CCNCC1. The molecule has 1 saturated carbocycles. The Morgan fingerprint density at radius 1 is 1.36 bits per heavy atom. The Morgan fingerprint density at radius 3 is 2.43 bits per heavy atom. The molecular formula is C11H20N2O. The molecule has 0 unspecified atom stereocenters. The lowest BCUT2D eigenvalue weighted by Gasteiger charge is -2.40. The summed E-state index contributed by atoms with van der Waals surface area (Å²) in [6.07, 6.45) is 6.89. The molecule has 14 heavy (non-hydrogen) atoms. The molecule has 0 radical (unpaired) electrons. The first kappa shape index (κ1) is 9.97. The van der Waals surface area contributed by atoms with Crippen molar-refractivity contribution in [3.8, 4) is 0 Å². The van der Waals surface area contributed by atoms with Crippen molar-refractivity contribution < 1.29 is 4.79 Å². The predicted molar refractivity (Wildman–Crippen MR) is 55.7 cm³/mol. The molecule has 1 heterocycles. The fourth-order valence-corrected chi connectivity index (χ4v) is 2.71. The van der Waals surface area contributed by atoms with Gasteiger partial charge in [0.1, 0.15) is 0 Å². The van der Waals surface area contributed by atoms with Gasteiger partial charge in [0, 0.05) is 0 Å². The Bertz CT molecular complexity index is 217. The lowest BCUT2D eigenvalue weighted by atomic mass is 9.67. The number of hydrogen-bond donors (Lipinski definition) is 2. The van der Waals surface area contributed by atoms with E-state index in [1.807, 2.05) is 0 Å². The van der Waals surface area contributed by atoms with Gasteiger partial charge in [0.05, 0.1) is 5.41 Å². The van der Waals surface area contributed by atoms with E-state index < -0.39 is 0 Å².